The highest BCUT2D eigenvalue weighted by Gasteiger charge is 2.16. The Bertz CT molecular complexity index is 1170. The van der Waals surface area contributed by atoms with Crippen molar-refractivity contribution in [1.82, 2.24) is 34.5 Å². The van der Waals surface area contributed by atoms with Gasteiger partial charge in [0.05, 0.1) is 11.9 Å². The van der Waals surface area contributed by atoms with E-state index in [1.807, 2.05) is 0 Å². The maximum atomic E-state index is 12.4. The number of aromatic nitrogens is 7. The van der Waals surface area contributed by atoms with Gasteiger partial charge in [0.1, 0.15) is 11.2 Å². The van der Waals surface area contributed by atoms with Gasteiger partial charge in [-0.15, -0.1) is 0 Å². The van der Waals surface area contributed by atoms with Crippen molar-refractivity contribution >= 4 is 22.8 Å². The highest BCUT2D eigenvalue weighted by molar-refractivity contribution is 6.03. The van der Waals surface area contributed by atoms with Gasteiger partial charge in [-0.25, -0.2) is 0 Å². The molecule has 2 N–H and O–H groups in total. The molecule has 0 aliphatic heterocycles. The molecular formula is C16H14N8O2. The monoisotopic (exact) mass is 350 g/mol. The number of pyridine rings is 1. The maximum absolute atomic E-state index is 12.4. The van der Waals surface area contributed by atoms with Gasteiger partial charge in [0.15, 0.2) is 5.65 Å². The third-order valence-electron chi connectivity index (χ3n) is 3.81. The van der Waals surface area contributed by atoms with Crippen LogP contribution in [0.3, 0.4) is 0 Å². The van der Waals surface area contributed by atoms with Crippen molar-refractivity contribution in [3.8, 4) is 5.95 Å². The topological polar surface area (TPSA) is 123 Å². The summed E-state index contributed by atoms with van der Waals surface area (Å²) in [7, 11) is 1.69. The number of aryl methyl sites for hydroxylation is 2. The Hall–Kier alpha value is -3.82. The molecule has 0 saturated heterocycles. The molecule has 0 fully saturated rings. The third kappa shape index (κ3) is 2.62. The number of hydrogen-bond acceptors (Lipinski definition) is 6. The highest BCUT2D eigenvalue weighted by atomic mass is 16.2. The minimum atomic E-state index is -0.335. The van der Waals surface area contributed by atoms with Gasteiger partial charge in [-0.1, -0.05) is 0 Å². The average molecular weight is 350 g/mol. The molecule has 0 spiro atoms. The van der Waals surface area contributed by atoms with Gasteiger partial charge in [0, 0.05) is 31.1 Å². The lowest BCUT2D eigenvalue weighted by Crippen LogP contribution is -2.19. The number of nitrogens with zero attached hydrogens (tertiary/aromatic N) is 6. The zero-order valence-electron chi connectivity index (χ0n) is 14.0. The van der Waals surface area contributed by atoms with E-state index >= 15 is 0 Å². The lowest BCUT2D eigenvalue weighted by Gasteiger charge is -2.08. The molecule has 4 aromatic rings. The van der Waals surface area contributed by atoms with Gasteiger partial charge in [0.2, 0.25) is 5.95 Å². The van der Waals surface area contributed by atoms with Crippen molar-refractivity contribution in [3.63, 3.8) is 0 Å². The zero-order valence-corrected chi connectivity index (χ0v) is 14.0. The molecule has 0 unspecified atom stereocenters. The predicted molar refractivity (Wildman–Crippen MR) is 93.2 cm³/mol. The second-order valence-corrected chi connectivity index (χ2v) is 5.67. The lowest BCUT2D eigenvalue weighted by atomic mass is 10.2. The van der Waals surface area contributed by atoms with E-state index in [1.165, 1.54) is 28.0 Å². The van der Waals surface area contributed by atoms with Gasteiger partial charge in [-0.3, -0.25) is 24.2 Å². The molecule has 4 heterocycles. The van der Waals surface area contributed by atoms with Gasteiger partial charge in [-0.2, -0.15) is 19.9 Å². The van der Waals surface area contributed by atoms with Crippen LogP contribution in [0, 0.1) is 6.92 Å². The molecule has 0 bridgehead atoms. The van der Waals surface area contributed by atoms with Crippen LogP contribution in [0.15, 0.2) is 41.6 Å². The number of anilines is 1. The molecule has 0 aromatic carbocycles. The molecule has 4 aromatic heterocycles. The fourth-order valence-electron chi connectivity index (χ4n) is 2.56. The SMILES string of the molecule is Cc1cc(NC(=O)c2ccncc2)n(-c2nc3c(cnn3C)c(=O)[nH]2)n1. The van der Waals surface area contributed by atoms with Crippen LogP contribution in [0.2, 0.25) is 0 Å². The number of fused-ring (bicyclic) bond motifs is 1. The smallest absolute Gasteiger partial charge is 0.263 e. The molecule has 0 saturated carbocycles. The van der Waals surface area contributed by atoms with Gasteiger partial charge < -0.3 is 5.32 Å². The first-order valence-electron chi connectivity index (χ1n) is 7.73. The number of nitrogens with one attached hydrogen (secondary N) is 2. The van der Waals surface area contributed by atoms with Crippen molar-refractivity contribution in [2.75, 3.05) is 5.32 Å². The number of hydrogen-bond donors (Lipinski definition) is 2. The Morgan fingerprint density at radius 3 is 2.81 bits per heavy atom. The van der Waals surface area contributed by atoms with Crippen LogP contribution in [-0.4, -0.2) is 40.4 Å². The van der Waals surface area contributed by atoms with E-state index in [9.17, 15) is 9.59 Å². The number of H-pyrrole nitrogens is 1. The Morgan fingerprint density at radius 1 is 1.27 bits per heavy atom. The Labute approximate surface area is 146 Å². The fourth-order valence-corrected chi connectivity index (χ4v) is 2.56. The van der Waals surface area contributed by atoms with Crippen molar-refractivity contribution in [3.05, 3.63) is 58.4 Å². The minimum Gasteiger partial charge on any atom is -0.306 e. The lowest BCUT2D eigenvalue weighted by molar-refractivity contribution is 0.102. The van der Waals surface area contributed by atoms with E-state index in [0.717, 1.165) is 0 Å². The van der Waals surface area contributed by atoms with Crippen LogP contribution in [0.1, 0.15) is 16.1 Å². The van der Waals surface area contributed by atoms with Gasteiger partial charge in [0.25, 0.3) is 11.5 Å². The van der Waals surface area contributed by atoms with Crippen LogP contribution >= 0.6 is 0 Å². The molecular weight excluding hydrogens is 336 g/mol. The van der Waals surface area contributed by atoms with E-state index in [-0.39, 0.29) is 17.4 Å². The molecule has 0 radical (unpaired) electrons. The standard InChI is InChI=1S/C16H14N8O2/c1-9-7-12(19-14(25)10-3-5-17-6-4-10)24(22-9)16-20-13-11(15(26)21-16)8-18-23(13)2/h3-8H,1-2H3,(H,19,25)(H,20,21,26). The van der Waals surface area contributed by atoms with Crippen LogP contribution in [-0.2, 0) is 7.05 Å². The summed E-state index contributed by atoms with van der Waals surface area (Å²) < 4.78 is 2.88. The first-order valence-corrected chi connectivity index (χ1v) is 7.73. The Morgan fingerprint density at radius 2 is 2.04 bits per heavy atom. The first kappa shape index (κ1) is 15.7. The van der Waals surface area contributed by atoms with E-state index < -0.39 is 0 Å². The largest absolute Gasteiger partial charge is 0.306 e. The van der Waals surface area contributed by atoms with E-state index in [0.29, 0.717) is 28.1 Å². The number of carbonyl (C=O) groups excluding carboxylic acids is 1. The molecule has 1 amide bonds. The average Bonchev–Trinajstić information content (AvgIpc) is 3.19. The fraction of sp³-hybridized carbons (Fsp3) is 0.125. The van der Waals surface area contributed by atoms with Crippen LogP contribution in [0.25, 0.3) is 17.0 Å². The summed E-state index contributed by atoms with van der Waals surface area (Å²) in [6.45, 7) is 1.78. The molecule has 4 rings (SSSR count). The van der Waals surface area contributed by atoms with E-state index in [4.69, 9.17) is 0 Å². The van der Waals surface area contributed by atoms with Crippen molar-refractivity contribution in [2.24, 2.45) is 7.05 Å². The minimum absolute atomic E-state index is 0.184. The summed E-state index contributed by atoms with van der Waals surface area (Å²) in [4.78, 5) is 35.6. The van der Waals surface area contributed by atoms with Crippen molar-refractivity contribution in [2.45, 2.75) is 6.92 Å². The maximum Gasteiger partial charge on any atom is 0.263 e. The predicted octanol–water partition coefficient (Wildman–Crippen LogP) is 0.798. The summed E-state index contributed by atoms with van der Waals surface area (Å²) in [6.07, 6.45) is 4.52. The van der Waals surface area contributed by atoms with Crippen molar-refractivity contribution < 1.29 is 4.79 Å². The molecule has 130 valence electrons. The zero-order chi connectivity index (χ0) is 18.3. The second kappa shape index (κ2) is 5.92. The number of carbonyl (C=O) groups is 1. The summed E-state index contributed by atoms with van der Waals surface area (Å²) >= 11 is 0. The second-order valence-electron chi connectivity index (χ2n) is 5.67. The van der Waals surface area contributed by atoms with Crippen LogP contribution in [0.4, 0.5) is 5.82 Å². The number of aromatic amines is 1. The molecule has 0 atom stereocenters. The summed E-state index contributed by atoms with van der Waals surface area (Å²) in [6, 6.07) is 4.89. The number of rotatable bonds is 3. The Balaban J connectivity index is 1.78. The van der Waals surface area contributed by atoms with Crippen LogP contribution < -0.4 is 10.9 Å². The highest BCUT2D eigenvalue weighted by Crippen LogP contribution is 2.16. The Kier molecular flexibility index (Phi) is 3.57. The summed E-state index contributed by atoms with van der Waals surface area (Å²) in [5.41, 5.74) is 1.19. The normalized spacial score (nSPS) is 11.0. The molecule has 10 nitrogen and oxygen atoms in total. The van der Waals surface area contributed by atoms with E-state index in [1.54, 1.807) is 32.2 Å². The summed E-state index contributed by atoms with van der Waals surface area (Å²) in [5, 5.41) is 11.5. The molecule has 10 heteroatoms. The van der Waals surface area contributed by atoms with Gasteiger partial charge >= 0.3 is 0 Å². The number of amides is 1. The first-order chi connectivity index (χ1) is 12.5. The van der Waals surface area contributed by atoms with Gasteiger partial charge in [-0.05, 0) is 19.1 Å². The van der Waals surface area contributed by atoms with Crippen LogP contribution in [0.5, 0.6) is 0 Å². The molecule has 0 aliphatic carbocycles. The summed E-state index contributed by atoms with van der Waals surface area (Å²) in [5.74, 6) is 0.246. The molecule has 26 heavy (non-hydrogen) atoms. The molecule has 0 aliphatic rings. The van der Waals surface area contributed by atoms with E-state index in [2.05, 4.69) is 30.5 Å². The quantitative estimate of drug-likeness (QED) is 0.563. The van der Waals surface area contributed by atoms with Crippen molar-refractivity contribution in [1.29, 1.82) is 0 Å². The third-order valence-corrected chi connectivity index (χ3v) is 3.81.